The maximum absolute atomic E-state index is 15.0. The second kappa shape index (κ2) is 11.2. The molecule has 0 spiro atoms. The van der Waals surface area contributed by atoms with Crippen LogP contribution in [0.4, 0.5) is 8.78 Å². The van der Waals surface area contributed by atoms with Gasteiger partial charge in [-0.15, -0.1) is 0 Å². The molecule has 2 aromatic carbocycles. The Morgan fingerprint density at radius 1 is 1.08 bits per heavy atom. The zero-order valence-electron chi connectivity index (χ0n) is 21.4. The van der Waals surface area contributed by atoms with Gasteiger partial charge in [0.15, 0.2) is 0 Å². The number of hydrogen-bond donors (Lipinski definition) is 0. The molecule has 3 aromatic rings. The number of allylic oxidation sites excluding steroid dienone is 1. The minimum Gasteiger partial charge on any atom is -0.497 e. The van der Waals surface area contributed by atoms with E-state index in [2.05, 4.69) is 40.2 Å². The van der Waals surface area contributed by atoms with Gasteiger partial charge in [0.05, 0.1) is 19.4 Å². The third kappa shape index (κ3) is 5.73. The van der Waals surface area contributed by atoms with E-state index >= 15 is 4.39 Å². The number of rotatable bonds is 7. The predicted molar refractivity (Wildman–Crippen MR) is 139 cm³/mol. The largest absolute Gasteiger partial charge is 0.497 e. The Hall–Kier alpha value is -3.55. The van der Waals surface area contributed by atoms with Crippen molar-refractivity contribution in [2.45, 2.75) is 57.5 Å². The fraction of sp³-hybridized carbons (Fsp3) is 0.414. The van der Waals surface area contributed by atoms with Crippen molar-refractivity contribution in [3.05, 3.63) is 89.8 Å². The second-order valence-corrected chi connectivity index (χ2v) is 9.94. The van der Waals surface area contributed by atoms with E-state index in [9.17, 15) is 4.39 Å². The number of aromatic nitrogens is 3. The van der Waals surface area contributed by atoms with Crippen molar-refractivity contribution < 1.29 is 13.5 Å². The number of nitrogens with zero attached hydrogens (tertiary/aromatic N) is 5. The van der Waals surface area contributed by atoms with Gasteiger partial charge in [-0.3, -0.25) is 9.67 Å². The van der Waals surface area contributed by atoms with Gasteiger partial charge in [-0.25, -0.2) is 13.8 Å². The molecule has 0 radical (unpaired) electrons. The molecule has 2 aliphatic rings. The van der Waals surface area contributed by atoms with Gasteiger partial charge in [-0.1, -0.05) is 12.5 Å². The van der Waals surface area contributed by atoms with Crippen LogP contribution in [-0.4, -0.2) is 45.1 Å². The van der Waals surface area contributed by atoms with E-state index in [0.29, 0.717) is 18.0 Å². The summed E-state index contributed by atoms with van der Waals surface area (Å²) < 4.78 is 35.8. The first-order valence-electron chi connectivity index (χ1n) is 13.0. The molecule has 0 saturated carbocycles. The number of ether oxygens (including phenoxy) is 1. The van der Waals surface area contributed by atoms with E-state index in [1.54, 1.807) is 24.2 Å². The van der Waals surface area contributed by atoms with Gasteiger partial charge in [0.25, 0.3) is 0 Å². The van der Waals surface area contributed by atoms with Crippen LogP contribution >= 0.6 is 0 Å². The average molecular weight is 506 g/mol. The smallest absolute Gasteiger partial charge is 0.137 e. The summed E-state index contributed by atoms with van der Waals surface area (Å²) in [4.78, 5) is 11.5. The molecule has 5 rings (SSSR count). The third-order valence-electron chi connectivity index (χ3n) is 7.67. The molecule has 0 fully saturated rings. The van der Waals surface area contributed by atoms with Crippen LogP contribution in [0.3, 0.4) is 0 Å². The Morgan fingerprint density at radius 3 is 2.65 bits per heavy atom. The van der Waals surface area contributed by atoms with Crippen LogP contribution in [0.1, 0.15) is 56.1 Å². The Balaban J connectivity index is 1.48. The van der Waals surface area contributed by atoms with Crippen molar-refractivity contribution in [3.8, 4) is 5.75 Å². The summed E-state index contributed by atoms with van der Waals surface area (Å²) in [6.45, 7) is 3.39. The van der Waals surface area contributed by atoms with Gasteiger partial charge in [0, 0.05) is 42.4 Å². The summed E-state index contributed by atoms with van der Waals surface area (Å²) in [7, 11) is 1.67. The number of methoxy groups -OCH3 is 1. The molecule has 0 amide bonds. The first-order chi connectivity index (χ1) is 18.0. The first-order valence-corrected chi connectivity index (χ1v) is 13.0. The van der Waals surface area contributed by atoms with E-state index in [1.807, 2.05) is 12.1 Å². The summed E-state index contributed by atoms with van der Waals surface area (Å²) in [5, 5.41) is 4.26. The quantitative estimate of drug-likeness (QED) is 0.397. The molecule has 3 unspecified atom stereocenters. The number of aliphatic imine (C=N–C) groups is 1. The van der Waals surface area contributed by atoms with Gasteiger partial charge >= 0.3 is 0 Å². The molecule has 0 N–H and O–H groups in total. The minimum atomic E-state index is -0.577. The van der Waals surface area contributed by atoms with Gasteiger partial charge < -0.3 is 9.64 Å². The maximum atomic E-state index is 15.0. The fourth-order valence-electron chi connectivity index (χ4n) is 5.49. The first kappa shape index (κ1) is 25.1. The molecule has 0 saturated heterocycles. The molecule has 3 heterocycles. The van der Waals surface area contributed by atoms with Gasteiger partial charge in [-0.05, 0) is 74.1 Å². The van der Waals surface area contributed by atoms with Crippen molar-refractivity contribution in [2.75, 3.05) is 13.7 Å². The highest BCUT2D eigenvalue weighted by molar-refractivity contribution is 6.01. The molecule has 0 bridgehead atoms. The van der Waals surface area contributed by atoms with Crippen molar-refractivity contribution in [3.63, 3.8) is 0 Å². The zero-order chi connectivity index (χ0) is 25.8. The lowest BCUT2D eigenvalue weighted by Crippen LogP contribution is -2.38. The van der Waals surface area contributed by atoms with E-state index in [-0.39, 0.29) is 12.0 Å². The molecule has 3 atom stereocenters. The van der Waals surface area contributed by atoms with Crippen LogP contribution in [0.5, 0.6) is 5.75 Å². The monoisotopic (exact) mass is 505 g/mol. The van der Waals surface area contributed by atoms with E-state index in [4.69, 9.17) is 9.73 Å². The summed E-state index contributed by atoms with van der Waals surface area (Å²) in [6, 6.07) is 11.8. The highest BCUT2D eigenvalue weighted by Gasteiger charge is 2.30. The Bertz CT molecular complexity index is 1260. The van der Waals surface area contributed by atoms with Crippen molar-refractivity contribution in [2.24, 2.45) is 10.9 Å². The van der Waals surface area contributed by atoms with Crippen LogP contribution in [-0.2, 0) is 6.54 Å². The molecule has 37 heavy (non-hydrogen) atoms. The number of halogens is 2. The summed E-state index contributed by atoms with van der Waals surface area (Å²) >= 11 is 0. The molecule has 8 heteroatoms. The lowest BCUT2D eigenvalue weighted by Gasteiger charge is -2.37. The highest BCUT2D eigenvalue weighted by Crippen LogP contribution is 2.35. The molecule has 1 aromatic heterocycles. The number of fused-ring (bicyclic) bond motifs is 1. The van der Waals surface area contributed by atoms with E-state index < -0.39 is 11.6 Å². The topological polar surface area (TPSA) is 55.5 Å². The SMILES string of the molecule is COc1ccc(C2=N/C3=C/N(C(C)C(Cn4cncn4)c4ccc(F)cc4F)CCCCC3CC2)cc1. The summed E-state index contributed by atoms with van der Waals surface area (Å²) in [5.41, 5.74) is 3.76. The normalized spacial score (nSPS) is 21.1. The molecular weight excluding hydrogens is 472 g/mol. The minimum absolute atomic E-state index is 0.0722. The lowest BCUT2D eigenvalue weighted by molar-refractivity contribution is 0.221. The van der Waals surface area contributed by atoms with Crippen LogP contribution in [0.25, 0.3) is 0 Å². The fourth-order valence-corrected chi connectivity index (χ4v) is 5.49. The highest BCUT2D eigenvalue weighted by atomic mass is 19.1. The third-order valence-corrected chi connectivity index (χ3v) is 7.67. The van der Waals surface area contributed by atoms with Crippen molar-refractivity contribution in [1.82, 2.24) is 19.7 Å². The second-order valence-electron chi connectivity index (χ2n) is 9.94. The Labute approximate surface area is 216 Å². The number of benzene rings is 2. The maximum Gasteiger partial charge on any atom is 0.137 e. The lowest BCUT2D eigenvalue weighted by atomic mass is 9.86. The summed E-state index contributed by atoms with van der Waals surface area (Å²) in [5.74, 6) is -0.132. The van der Waals surface area contributed by atoms with Crippen LogP contribution in [0, 0.1) is 17.6 Å². The molecule has 194 valence electrons. The molecule has 6 nitrogen and oxygen atoms in total. The van der Waals surface area contributed by atoms with Crippen molar-refractivity contribution in [1.29, 1.82) is 0 Å². The van der Waals surface area contributed by atoms with Crippen LogP contribution in [0.15, 0.2) is 72.0 Å². The Morgan fingerprint density at radius 2 is 1.92 bits per heavy atom. The van der Waals surface area contributed by atoms with Crippen LogP contribution < -0.4 is 4.74 Å². The van der Waals surface area contributed by atoms with Crippen molar-refractivity contribution >= 4 is 5.71 Å². The van der Waals surface area contributed by atoms with Gasteiger partial charge in [0.1, 0.15) is 30.0 Å². The zero-order valence-corrected chi connectivity index (χ0v) is 21.4. The summed E-state index contributed by atoms with van der Waals surface area (Å²) in [6.07, 6.45) is 10.6. The Kier molecular flexibility index (Phi) is 7.63. The molecule has 0 aliphatic carbocycles. The predicted octanol–water partition coefficient (Wildman–Crippen LogP) is 5.96. The molecular formula is C29H33F2N5O. The molecule has 2 aliphatic heterocycles. The van der Waals surface area contributed by atoms with Crippen LogP contribution in [0.2, 0.25) is 0 Å². The van der Waals surface area contributed by atoms with Gasteiger partial charge in [-0.2, -0.15) is 5.10 Å². The van der Waals surface area contributed by atoms with Gasteiger partial charge in [0.2, 0.25) is 0 Å². The van der Waals surface area contributed by atoms with E-state index in [0.717, 1.165) is 67.4 Å². The van der Waals surface area contributed by atoms with E-state index in [1.165, 1.54) is 12.4 Å². The standard InChI is InChI=1S/C29H33F2N5O/c1-20(26(16-36-19-32-18-33-36)25-12-9-23(30)15-27(25)31)35-14-4-3-5-21-8-13-28(34-29(21)17-35)22-6-10-24(37-2)11-7-22/h6-7,9-12,15,17-21,26H,3-5,8,13-14,16H2,1-2H3/b29-17+. The average Bonchev–Trinajstić information content (AvgIpc) is 3.41. The number of hydrogen-bond acceptors (Lipinski definition) is 5.